The van der Waals surface area contributed by atoms with Gasteiger partial charge in [0.25, 0.3) is 0 Å². The van der Waals surface area contributed by atoms with Crippen molar-refractivity contribution >= 4 is 28.7 Å². The molecule has 0 fully saturated rings. The molecule has 1 aliphatic carbocycles. The van der Waals surface area contributed by atoms with Gasteiger partial charge in [-0.3, -0.25) is 9.59 Å². The van der Waals surface area contributed by atoms with Crippen molar-refractivity contribution in [1.82, 2.24) is 4.98 Å². The number of nitrogens with one attached hydrogen (secondary N) is 1. The number of nitrogens with zero attached hydrogens (tertiary/aromatic N) is 1. The first-order valence-corrected chi connectivity index (χ1v) is 10.9. The van der Waals surface area contributed by atoms with E-state index in [-0.39, 0.29) is 24.5 Å². The molecule has 2 aromatic carbocycles. The highest BCUT2D eigenvalue weighted by Gasteiger charge is 2.14. The van der Waals surface area contributed by atoms with Gasteiger partial charge in [-0.2, -0.15) is 0 Å². The van der Waals surface area contributed by atoms with E-state index in [0.717, 1.165) is 40.4 Å². The standard InChI is InChI=1S/C24H24N2O2S/c1-16-25-22(15-29-16)18-8-10-21(11-9-18)26-24(28)13-12-23(27)20-7-6-17-4-2-3-5-19(17)14-20/h6-11,14-15H,2-5,12-13H2,1H3,(H,26,28). The van der Waals surface area contributed by atoms with Crippen LogP contribution in [0.4, 0.5) is 5.69 Å². The van der Waals surface area contributed by atoms with E-state index in [4.69, 9.17) is 0 Å². The number of hydrogen-bond donors (Lipinski definition) is 1. The van der Waals surface area contributed by atoms with Crippen molar-refractivity contribution < 1.29 is 9.59 Å². The van der Waals surface area contributed by atoms with Gasteiger partial charge in [0.15, 0.2) is 5.78 Å². The van der Waals surface area contributed by atoms with E-state index in [1.165, 1.54) is 24.0 Å². The Balaban J connectivity index is 1.31. The molecule has 1 N–H and O–H groups in total. The highest BCUT2D eigenvalue weighted by atomic mass is 32.1. The summed E-state index contributed by atoms with van der Waals surface area (Å²) in [7, 11) is 0. The number of carbonyl (C=O) groups is 2. The number of thiazole rings is 1. The molecular formula is C24H24N2O2S. The van der Waals surface area contributed by atoms with Gasteiger partial charge >= 0.3 is 0 Å². The van der Waals surface area contributed by atoms with Crippen LogP contribution < -0.4 is 5.32 Å². The Labute approximate surface area is 175 Å². The molecule has 5 heteroatoms. The molecule has 148 valence electrons. The predicted octanol–water partition coefficient (Wildman–Crippen LogP) is 5.60. The minimum atomic E-state index is -0.145. The lowest BCUT2D eigenvalue weighted by molar-refractivity contribution is -0.116. The Bertz CT molecular complexity index is 1040. The van der Waals surface area contributed by atoms with Crippen LogP contribution >= 0.6 is 11.3 Å². The van der Waals surface area contributed by atoms with Gasteiger partial charge in [-0.05, 0) is 61.9 Å². The molecule has 3 aromatic rings. The predicted molar refractivity (Wildman–Crippen MR) is 118 cm³/mol. The highest BCUT2D eigenvalue weighted by Crippen LogP contribution is 2.24. The minimum Gasteiger partial charge on any atom is -0.326 e. The Morgan fingerprint density at radius 3 is 2.48 bits per heavy atom. The fraction of sp³-hybridized carbons (Fsp3) is 0.292. The molecule has 0 unspecified atom stereocenters. The molecule has 0 saturated carbocycles. The molecule has 1 aliphatic rings. The molecule has 0 saturated heterocycles. The number of hydrogen-bond acceptors (Lipinski definition) is 4. The summed E-state index contributed by atoms with van der Waals surface area (Å²) < 4.78 is 0. The first-order chi connectivity index (χ1) is 14.1. The minimum absolute atomic E-state index is 0.0303. The molecule has 29 heavy (non-hydrogen) atoms. The van der Waals surface area contributed by atoms with Gasteiger partial charge in [0, 0.05) is 35.0 Å². The number of carbonyl (C=O) groups excluding carboxylic acids is 2. The van der Waals surface area contributed by atoms with Gasteiger partial charge in [0.2, 0.25) is 5.91 Å². The number of Topliss-reactive ketones (excluding diaryl/α,β-unsaturated/α-hetero) is 1. The van der Waals surface area contributed by atoms with Crippen molar-refractivity contribution in [1.29, 1.82) is 0 Å². The summed E-state index contributed by atoms with van der Waals surface area (Å²) in [5, 5.41) is 5.93. The van der Waals surface area contributed by atoms with E-state index in [2.05, 4.69) is 16.4 Å². The fourth-order valence-electron chi connectivity index (χ4n) is 3.72. The zero-order chi connectivity index (χ0) is 20.2. The summed E-state index contributed by atoms with van der Waals surface area (Å²) in [6.07, 6.45) is 4.98. The third-order valence-electron chi connectivity index (χ3n) is 5.33. The number of rotatable bonds is 6. The third kappa shape index (κ3) is 4.80. The monoisotopic (exact) mass is 404 g/mol. The highest BCUT2D eigenvalue weighted by molar-refractivity contribution is 7.09. The lowest BCUT2D eigenvalue weighted by Crippen LogP contribution is -2.14. The molecule has 4 rings (SSSR count). The molecule has 0 aliphatic heterocycles. The van der Waals surface area contributed by atoms with Gasteiger partial charge in [0.1, 0.15) is 0 Å². The zero-order valence-electron chi connectivity index (χ0n) is 16.5. The number of amides is 1. The van der Waals surface area contributed by atoms with Crippen molar-refractivity contribution in [2.45, 2.75) is 45.4 Å². The topological polar surface area (TPSA) is 59.1 Å². The second kappa shape index (κ2) is 8.70. The number of benzene rings is 2. The van der Waals surface area contributed by atoms with Crippen LogP contribution in [0.1, 0.15) is 52.2 Å². The summed E-state index contributed by atoms with van der Waals surface area (Å²) in [5.41, 5.74) is 6.08. The quantitative estimate of drug-likeness (QED) is 0.544. The maximum absolute atomic E-state index is 12.5. The molecule has 0 radical (unpaired) electrons. The third-order valence-corrected chi connectivity index (χ3v) is 6.11. The van der Waals surface area contributed by atoms with Gasteiger partial charge in [-0.15, -0.1) is 11.3 Å². The Morgan fingerprint density at radius 2 is 1.76 bits per heavy atom. The van der Waals surface area contributed by atoms with Crippen LogP contribution in [0, 0.1) is 6.92 Å². The average Bonchev–Trinajstić information content (AvgIpc) is 3.18. The van der Waals surface area contributed by atoms with Gasteiger partial charge in [0.05, 0.1) is 10.7 Å². The van der Waals surface area contributed by atoms with Crippen molar-refractivity contribution in [3.63, 3.8) is 0 Å². The molecule has 0 atom stereocenters. The van der Waals surface area contributed by atoms with Crippen LogP contribution in [-0.2, 0) is 17.6 Å². The summed E-state index contributed by atoms with van der Waals surface area (Å²) >= 11 is 1.62. The number of aryl methyl sites for hydroxylation is 3. The first-order valence-electron chi connectivity index (χ1n) is 10.1. The summed E-state index contributed by atoms with van der Waals surface area (Å²) in [6.45, 7) is 1.98. The number of anilines is 1. The second-order valence-corrected chi connectivity index (χ2v) is 8.55. The molecular weight excluding hydrogens is 380 g/mol. The Morgan fingerprint density at radius 1 is 1.00 bits per heavy atom. The number of ketones is 1. The Hall–Kier alpha value is -2.79. The largest absolute Gasteiger partial charge is 0.326 e. The smallest absolute Gasteiger partial charge is 0.224 e. The van der Waals surface area contributed by atoms with E-state index < -0.39 is 0 Å². The zero-order valence-corrected chi connectivity index (χ0v) is 17.3. The van der Waals surface area contributed by atoms with E-state index in [1.54, 1.807) is 11.3 Å². The van der Waals surface area contributed by atoms with Crippen LogP contribution in [0.2, 0.25) is 0 Å². The second-order valence-electron chi connectivity index (χ2n) is 7.49. The van der Waals surface area contributed by atoms with Gasteiger partial charge in [-0.25, -0.2) is 4.98 Å². The first kappa shape index (κ1) is 19.5. The van der Waals surface area contributed by atoms with Crippen molar-refractivity contribution in [3.05, 3.63) is 69.5 Å². The van der Waals surface area contributed by atoms with E-state index in [0.29, 0.717) is 0 Å². The summed E-state index contributed by atoms with van der Waals surface area (Å²) in [4.78, 5) is 29.2. The molecule has 1 heterocycles. The molecule has 0 bridgehead atoms. The normalized spacial score (nSPS) is 13.0. The van der Waals surface area contributed by atoms with E-state index in [1.807, 2.05) is 48.7 Å². The van der Waals surface area contributed by atoms with E-state index in [9.17, 15) is 9.59 Å². The summed E-state index contributed by atoms with van der Waals surface area (Å²) in [5.74, 6) is -0.115. The summed E-state index contributed by atoms with van der Waals surface area (Å²) in [6, 6.07) is 13.6. The maximum atomic E-state index is 12.5. The van der Waals surface area contributed by atoms with Gasteiger partial charge < -0.3 is 5.32 Å². The van der Waals surface area contributed by atoms with Gasteiger partial charge in [-0.1, -0.05) is 24.3 Å². The van der Waals surface area contributed by atoms with Crippen molar-refractivity contribution in [3.8, 4) is 11.3 Å². The van der Waals surface area contributed by atoms with E-state index >= 15 is 0 Å². The number of aromatic nitrogens is 1. The molecule has 4 nitrogen and oxygen atoms in total. The van der Waals surface area contributed by atoms with Crippen LogP contribution in [0.25, 0.3) is 11.3 Å². The average molecular weight is 405 g/mol. The number of fused-ring (bicyclic) bond motifs is 1. The van der Waals surface area contributed by atoms with Crippen molar-refractivity contribution in [2.75, 3.05) is 5.32 Å². The van der Waals surface area contributed by atoms with Crippen LogP contribution in [-0.4, -0.2) is 16.7 Å². The van der Waals surface area contributed by atoms with Crippen LogP contribution in [0.5, 0.6) is 0 Å². The Kier molecular flexibility index (Phi) is 5.86. The lowest BCUT2D eigenvalue weighted by Gasteiger charge is -2.16. The van der Waals surface area contributed by atoms with Crippen molar-refractivity contribution in [2.24, 2.45) is 0 Å². The SMILES string of the molecule is Cc1nc(-c2ccc(NC(=O)CCC(=O)c3ccc4c(c3)CCCC4)cc2)cs1. The van der Waals surface area contributed by atoms with Crippen LogP contribution in [0.3, 0.4) is 0 Å². The molecule has 1 aromatic heterocycles. The maximum Gasteiger partial charge on any atom is 0.224 e. The molecule has 0 spiro atoms. The fourth-order valence-corrected chi connectivity index (χ4v) is 4.34. The van der Waals surface area contributed by atoms with Crippen LogP contribution in [0.15, 0.2) is 47.8 Å². The lowest BCUT2D eigenvalue weighted by atomic mass is 9.89. The molecule has 1 amide bonds.